The topological polar surface area (TPSA) is 52.0 Å². The normalized spacial score (nSPS) is 21.9. The number of nitrogens with one attached hydrogen (secondary N) is 2. The molecule has 0 saturated heterocycles. The van der Waals surface area contributed by atoms with Gasteiger partial charge in [-0.3, -0.25) is 4.79 Å². The van der Waals surface area contributed by atoms with Gasteiger partial charge in [0.25, 0.3) is 5.91 Å². The van der Waals surface area contributed by atoms with Crippen molar-refractivity contribution in [3.8, 4) is 11.5 Å². The zero-order valence-corrected chi connectivity index (χ0v) is 15.0. The largest absolute Gasteiger partial charge is 0.493 e. The van der Waals surface area contributed by atoms with Crippen LogP contribution < -0.4 is 19.7 Å². The first-order chi connectivity index (χ1) is 11.6. The summed E-state index contributed by atoms with van der Waals surface area (Å²) in [7, 11) is 3.33. The van der Waals surface area contributed by atoms with Crippen molar-refractivity contribution in [2.24, 2.45) is 0 Å². The first-order valence-electron chi connectivity index (χ1n) is 9.01. The van der Waals surface area contributed by atoms with Gasteiger partial charge in [0, 0.05) is 18.0 Å². The molecule has 1 unspecified atom stereocenters. The molecule has 1 aliphatic carbocycles. The van der Waals surface area contributed by atoms with Crippen LogP contribution in [0.4, 0.5) is 0 Å². The van der Waals surface area contributed by atoms with E-state index < -0.39 is 0 Å². The third-order valence-electron chi connectivity index (χ3n) is 5.55. The summed E-state index contributed by atoms with van der Waals surface area (Å²) in [6.45, 7) is 3.88. The molecule has 5 heteroatoms. The minimum atomic E-state index is -0.0214. The summed E-state index contributed by atoms with van der Waals surface area (Å²) < 4.78 is 10.8. The molecule has 1 saturated carbocycles. The van der Waals surface area contributed by atoms with Gasteiger partial charge in [-0.25, -0.2) is 0 Å². The van der Waals surface area contributed by atoms with Crippen molar-refractivity contribution in [3.05, 3.63) is 23.3 Å². The van der Waals surface area contributed by atoms with E-state index in [0.717, 1.165) is 43.9 Å². The Labute approximate surface area is 144 Å². The second-order valence-corrected chi connectivity index (χ2v) is 7.02. The molecule has 1 heterocycles. The molecule has 0 radical (unpaired) electrons. The van der Waals surface area contributed by atoms with E-state index in [1.807, 2.05) is 6.92 Å². The lowest BCUT2D eigenvalue weighted by molar-refractivity contribution is -0.929. The van der Waals surface area contributed by atoms with Crippen LogP contribution in [0.3, 0.4) is 0 Å². The fraction of sp³-hybridized carbons (Fsp3) is 0.632. The molecule has 0 aromatic heterocycles. The van der Waals surface area contributed by atoms with E-state index in [9.17, 15) is 4.79 Å². The van der Waals surface area contributed by atoms with Gasteiger partial charge in [-0.05, 0) is 37.5 Å². The van der Waals surface area contributed by atoms with E-state index in [1.165, 1.54) is 28.9 Å². The molecule has 2 aliphatic rings. The number of quaternary nitrogens is 1. The summed E-state index contributed by atoms with van der Waals surface area (Å²) in [6.07, 6.45) is 5.71. The average Bonchev–Trinajstić information content (AvgIpc) is 3.12. The van der Waals surface area contributed by atoms with Crippen molar-refractivity contribution in [1.29, 1.82) is 0 Å². The summed E-state index contributed by atoms with van der Waals surface area (Å²) >= 11 is 0. The summed E-state index contributed by atoms with van der Waals surface area (Å²) in [6, 6.07) is 4.51. The molecule has 3 rings (SSSR count). The van der Waals surface area contributed by atoms with Gasteiger partial charge < -0.3 is 19.7 Å². The molecule has 132 valence electrons. The van der Waals surface area contributed by atoms with Crippen molar-refractivity contribution in [1.82, 2.24) is 5.32 Å². The Morgan fingerprint density at radius 2 is 1.79 bits per heavy atom. The van der Waals surface area contributed by atoms with E-state index in [2.05, 4.69) is 17.4 Å². The highest BCUT2D eigenvalue weighted by Gasteiger charge is 2.31. The molecule has 1 aliphatic heterocycles. The maximum atomic E-state index is 12.6. The molecule has 1 fully saturated rings. The quantitative estimate of drug-likeness (QED) is 0.848. The number of benzene rings is 1. The lowest BCUT2D eigenvalue weighted by Crippen LogP contribution is -3.16. The standard InChI is InChI=1S/C19H28N2O3/c1-13(19(22)20-16-6-4-5-7-16)21-9-8-14-10-17(23-2)18(24-3)11-15(14)12-21/h10-11,13,16H,4-9,12H2,1-3H3,(H,20,22)/p+1/t13-/m1/s1. The van der Waals surface area contributed by atoms with E-state index in [4.69, 9.17) is 9.47 Å². The average molecular weight is 333 g/mol. The molecule has 1 aromatic rings. The molecule has 0 bridgehead atoms. The Bertz CT molecular complexity index is 597. The van der Waals surface area contributed by atoms with Crippen LogP contribution in [0.25, 0.3) is 0 Å². The Balaban J connectivity index is 1.68. The molecular weight excluding hydrogens is 304 g/mol. The minimum absolute atomic E-state index is 0.0214. The van der Waals surface area contributed by atoms with Crippen LogP contribution in [-0.2, 0) is 17.8 Å². The number of hydrogen-bond donors (Lipinski definition) is 2. The summed E-state index contributed by atoms with van der Waals surface area (Å²) in [5, 5.41) is 3.24. The molecule has 5 nitrogen and oxygen atoms in total. The van der Waals surface area contributed by atoms with Crippen molar-refractivity contribution in [3.63, 3.8) is 0 Å². The Hall–Kier alpha value is -1.75. The predicted octanol–water partition coefficient (Wildman–Crippen LogP) is 1.09. The number of carbonyl (C=O) groups excluding carboxylic acids is 1. The smallest absolute Gasteiger partial charge is 0.278 e. The van der Waals surface area contributed by atoms with Crippen LogP contribution in [0.1, 0.15) is 43.7 Å². The predicted molar refractivity (Wildman–Crippen MR) is 92.6 cm³/mol. The van der Waals surface area contributed by atoms with Gasteiger partial charge in [0.05, 0.1) is 20.8 Å². The van der Waals surface area contributed by atoms with Crippen LogP contribution in [0.15, 0.2) is 12.1 Å². The highest BCUT2D eigenvalue weighted by Crippen LogP contribution is 2.31. The Morgan fingerprint density at radius 1 is 1.17 bits per heavy atom. The summed E-state index contributed by atoms with van der Waals surface area (Å²) in [4.78, 5) is 13.9. The number of ether oxygens (including phenoxy) is 2. The Kier molecular flexibility index (Phi) is 5.29. The van der Waals surface area contributed by atoms with Gasteiger partial charge in [-0.1, -0.05) is 12.8 Å². The number of rotatable bonds is 5. The van der Waals surface area contributed by atoms with E-state index >= 15 is 0 Å². The van der Waals surface area contributed by atoms with Gasteiger partial charge in [-0.15, -0.1) is 0 Å². The maximum absolute atomic E-state index is 12.6. The number of hydrogen-bond acceptors (Lipinski definition) is 3. The monoisotopic (exact) mass is 333 g/mol. The van der Waals surface area contributed by atoms with Gasteiger partial charge in [-0.2, -0.15) is 0 Å². The molecule has 24 heavy (non-hydrogen) atoms. The minimum Gasteiger partial charge on any atom is -0.493 e. The zero-order valence-electron chi connectivity index (χ0n) is 15.0. The van der Waals surface area contributed by atoms with Gasteiger partial charge in [0.2, 0.25) is 0 Å². The molecule has 2 N–H and O–H groups in total. The molecule has 2 atom stereocenters. The highest BCUT2D eigenvalue weighted by molar-refractivity contribution is 5.80. The summed E-state index contributed by atoms with van der Waals surface area (Å²) in [5.74, 6) is 1.74. The summed E-state index contributed by atoms with van der Waals surface area (Å²) in [5.41, 5.74) is 2.56. The van der Waals surface area contributed by atoms with Crippen LogP contribution in [-0.4, -0.2) is 38.8 Å². The fourth-order valence-electron chi connectivity index (χ4n) is 3.94. The van der Waals surface area contributed by atoms with Crippen molar-refractivity contribution in [2.45, 2.75) is 57.7 Å². The van der Waals surface area contributed by atoms with Gasteiger partial charge in [0.1, 0.15) is 6.54 Å². The van der Waals surface area contributed by atoms with Gasteiger partial charge >= 0.3 is 0 Å². The lowest BCUT2D eigenvalue weighted by Gasteiger charge is -2.31. The fourth-order valence-corrected chi connectivity index (χ4v) is 3.94. The number of fused-ring (bicyclic) bond motifs is 1. The maximum Gasteiger partial charge on any atom is 0.278 e. The SMILES string of the molecule is COc1cc2c(cc1OC)C[NH+]([C@H](C)C(=O)NC1CCCC1)CC2. The van der Waals surface area contributed by atoms with Crippen LogP contribution >= 0.6 is 0 Å². The van der Waals surface area contributed by atoms with Crippen LogP contribution in [0, 0.1) is 0 Å². The second kappa shape index (κ2) is 7.43. The zero-order chi connectivity index (χ0) is 17.1. The number of methoxy groups -OCH3 is 2. The molecule has 1 amide bonds. The Morgan fingerprint density at radius 3 is 2.42 bits per heavy atom. The van der Waals surface area contributed by atoms with Crippen LogP contribution in [0.5, 0.6) is 11.5 Å². The second-order valence-electron chi connectivity index (χ2n) is 7.02. The number of amides is 1. The van der Waals surface area contributed by atoms with Crippen molar-refractivity contribution < 1.29 is 19.2 Å². The van der Waals surface area contributed by atoms with Crippen LogP contribution in [0.2, 0.25) is 0 Å². The first-order valence-corrected chi connectivity index (χ1v) is 9.01. The number of carbonyl (C=O) groups is 1. The molecular formula is C19H29N2O3+. The molecule has 0 spiro atoms. The molecule has 1 aromatic carbocycles. The van der Waals surface area contributed by atoms with E-state index in [1.54, 1.807) is 14.2 Å². The van der Waals surface area contributed by atoms with E-state index in [0.29, 0.717) is 6.04 Å². The highest BCUT2D eigenvalue weighted by atomic mass is 16.5. The first kappa shape index (κ1) is 17.1. The third-order valence-corrected chi connectivity index (χ3v) is 5.55. The van der Waals surface area contributed by atoms with Crippen molar-refractivity contribution in [2.75, 3.05) is 20.8 Å². The lowest BCUT2D eigenvalue weighted by atomic mass is 9.97. The van der Waals surface area contributed by atoms with Gasteiger partial charge in [0.15, 0.2) is 17.5 Å². The van der Waals surface area contributed by atoms with E-state index in [-0.39, 0.29) is 11.9 Å². The van der Waals surface area contributed by atoms with Crippen molar-refractivity contribution >= 4 is 5.91 Å². The third kappa shape index (κ3) is 3.51.